The van der Waals surface area contributed by atoms with Crippen molar-refractivity contribution in [3.63, 3.8) is 0 Å². The second kappa shape index (κ2) is 13.9. The number of methoxy groups -OCH3 is 1. The summed E-state index contributed by atoms with van der Waals surface area (Å²) in [5, 5.41) is 0.171. The number of fused-ring (bicyclic) bond motifs is 1. The molecule has 234 valence electrons. The van der Waals surface area contributed by atoms with E-state index in [0.717, 1.165) is 27.0 Å². The monoisotopic (exact) mass is 614 g/mol. The molecule has 1 fully saturated rings. The molecule has 0 amide bonds. The van der Waals surface area contributed by atoms with Crippen LogP contribution in [0.15, 0.2) is 57.9 Å². The van der Waals surface area contributed by atoms with Crippen LogP contribution in [0.5, 0.6) is 23.0 Å². The first kappa shape index (κ1) is 31.8. The van der Waals surface area contributed by atoms with Crippen LogP contribution in [0.2, 0.25) is 0 Å². The molecular formula is C30H30O14. The van der Waals surface area contributed by atoms with Crippen molar-refractivity contribution < 1.29 is 61.5 Å². The summed E-state index contributed by atoms with van der Waals surface area (Å²) in [7, 11) is 1.53. The van der Waals surface area contributed by atoms with Gasteiger partial charge in [0.1, 0.15) is 41.8 Å². The Morgan fingerprint density at radius 3 is 1.95 bits per heavy atom. The molecule has 1 aliphatic heterocycles. The molecule has 2 aromatic carbocycles. The fourth-order valence-corrected chi connectivity index (χ4v) is 4.42. The molecule has 4 rings (SSSR count). The number of hydrogen-bond acceptors (Lipinski definition) is 14. The van der Waals surface area contributed by atoms with E-state index in [2.05, 4.69) is 0 Å². The van der Waals surface area contributed by atoms with Gasteiger partial charge in [0.2, 0.25) is 23.6 Å². The summed E-state index contributed by atoms with van der Waals surface area (Å²) in [6.07, 6.45) is -5.68. The van der Waals surface area contributed by atoms with Crippen LogP contribution in [0.25, 0.3) is 11.0 Å². The van der Waals surface area contributed by atoms with Gasteiger partial charge in [0.05, 0.1) is 12.5 Å². The lowest BCUT2D eigenvalue weighted by Gasteiger charge is -2.43. The number of hydrogen-bond donors (Lipinski definition) is 0. The minimum absolute atomic E-state index is 0.0593. The molecule has 0 aliphatic carbocycles. The average molecular weight is 615 g/mol. The van der Waals surface area contributed by atoms with Gasteiger partial charge in [0, 0.05) is 33.8 Å². The zero-order chi connectivity index (χ0) is 32.0. The number of benzene rings is 2. The molecule has 5 atom stereocenters. The van der Waals surface area contributed by atoms with Gasteiger partial charge in [-0.1, -0.05) is 0 Å². The largest absolute Gasteiger partial charge is 0.497 e. The highest BCUT2D eigenvalue weighted by atomic mass is 16.7. The third kappa shape index (κ3) is 7.83. The van der Waals surface area contributed by atoms with Crippen molar-refractivity contribution in [2.75, 3.05) is 13.7 Å². The van der Waals surface area contributed by atoms with E-state index in [1.54, 1.807) is 24.3 Å². The summed E-state index contributed by atoms with van der Waals surface area (Å²) in [4.78, 5) is 60.7. The van der Waals surface area contributed by atoms with Gasteiger partial charge in [-0.15, -0.1) is 0 Å². The second-order valence-corrected chi connectivity index (χ2v) is 9.55. The molecule has 2 heterocycles. The van der Waals surface area contributed by atoms with Crippen LogP contribution in [-0.4, -0.2) is 68.3 Å². The lowest BCUT2D eigenvalue weighted by molar-refractivity contribution is -0.288. The van der Waals surface area contributed by atoms with E-state index in [9.17, 15) is 24.0 Å². The van der Waals surface area contributed by atoms with Crippen LogP contribution >= 0.6 is 0 Å². The first-order chi connectivity index (χ1) is 20.9. The normalized spacial score (nSPS) is 21.1. The molecule has 44 heavy (non-hydrogen) atoms. The Labute approximate surface area is 250 Å². The van der Waals surface area contributed by atoms with Gasteiger partial charge < -0.3 is 42.3 Å². The minimum Gasteiger partial charge on any atom is -0.497 e. The van der Waals surface area contributed by atoms with E-state index >= 15 is 0 Å². The van der Waals surface area contributed by atoms with E-state index in [1.165, 1.54) is 32.2 Å². The lowest BCUT2D eigenvalue weighted by atomic mass is 9.98. The Balaban J connectivity index is 1.65. The number of ether oxygens (including phenoxy) is 8. The summed E-state index contributed by atoms with van der Waals surface area (Å²) < 4.78 is 49.6. The smallest absolute Gasteiger partial charge is 0.303 e. The quantitative estimate of drug-likeness (QED) is 0.241. The van der Waals surface area contributed by atoms with Gasteiger partial charge in [-0.2, -0.15) is 0 Å². The van der Waals surface area contributed by atoms with Gasteiger partial charge in [-0.3, -0.25) is 24.0 Å². The Kier molecular flexibility index (Phi) is 10.1. The zero-order valence-electron chi connectivity index (χ0n) is 24.4. The Morgan fingerprint density at radius 2 is 1.34 bits per heavy atom. The molecule has 0 unspecified atom stereocenters. The van der Waals surface area contributed by atoms with E-state index < -0.39 is 66.6 Å². The van der Waals surface area contributed by atoms with Crippen molar-refractivity contribution in [1.82, 2.24) is 0 Å². The van der Waals surface area contributed by atoms with Crippen LogP contribution in [0.1, 0.15) is 27.7 Å². The molecular weight excluding hydrogens is 584 g/mol. The van der Waals surface area contributed by atoms with E-state index in [1.807, 2.05) is 0 Å². The fraction of sp³-hybridized carbons (Fsp3) is 0.367. The van der Waals surface area contributed by atoms with Gasteiger partial charge in [0.25, 0.3) is 0 Å². The van der Waals surface area contributed by atoms with Gasteiger partial charge in [-0.25, -0.2) is 0 Å². The third-order valence-corrected chi connectivity index (χ3v) is 6.20. The van der Waals surface area contributed by atoms with Crippen molar-refractivity contribution in [3.8, 4) is 23.0 Å². The molecule has 0 spiro atoms. The summed E-state index contributed by atoms with van der Waals surface area (Å²) in [6, 6.07) is 10.9. The standard InChI is InChI=1S/C30H30O14/c1-15(31)37-14-25-27(39-16(2)32)28(40-17(3)33)29(41-18(4)34)30(44-25)43-21-10-11-22-23(12-21)38-13-24(26(22)35)42-20-8-6-19(36-5)7-9-20/h6-13,25,27-30H,14H2,1-5H3/t25-,27+,28-,29+,30-/m1/s1. The molecule has 1 aromatic heterocycles. The molecule has 14 nitrogen and oxygen atoms in total. The van der Waals surface area contributed by atoms with Crippen molar-refractivity contribution in [3.05, 3.63) is 59.0 Å². The Bertz CT molecular complexity index is 1580. The first-order valence-corrected chi connectivity index (χ1v) is 13.3. The molecule has 3 aromatic rings. The van der Waals surface area contributed by atoms with Crippen LogP contribution < -0.4 is 19.6 Å². The highest BCUT2D eigenvalue weighted by Crippen LogP contribution is 2.32. The molecule has 0 N–H and O–H groups in total. The predicted molar refractivity (Wildman–Crippen MR) is 148 cm³/mol. The minimum atomic E-state index is -1.46. The van der Waals surface area contributed by atoms with Crippen molar-refractivity contribution in [2.45, 2.75) is 58.4 Å². The Morgan fingerprint density at radius 1 is 0.750 bits per heavy atom. The lowest BCUT2D eigenvalue weighted by Crippen LogP contribution is -2.63. The highest BCUT2D eigenvalue weighted by molar-refractivity contribution is 5.79. The predicted octanol–water partition coefficient (Wildman–Crippen LogP) is 3.06. The summed E-state index contributed by atoms with van der Waals surface area (Å²) in [6.45, 7) is 4.10. The topological polar surface area (TPSA) is 172 Å². The van der Waals surface area contributed by atoms with Crippen molar-refractivity contribution in [1.29, 1.82) is 0 Å². The maximum absolute atomic E-state index is 13.1. The average Bonchev–Trinajstić information content (AvgIpc) is 2.96. The summed E-state index contributed by atoms with van der Waals surface area (Å²) in [5.74, 6) is -1.92. The van der Waals surface area contributed by atoms with Crippen molar-refractivity contribution >= 4 is 34.8 Å². The molecule has 1 aliphatic rings. The van der Waals surface area contributed by atoms with Gasteiger partial charge in [-0.05, 0) is 36.4 Å². The first-order valence-electron chi connectivity index (χ1n) is 13.3. The molecule has 1 saturated heterocycles. The maximum Gasteiger partial charge on any atom is 0.303 e. The number of rotatable bonds is 10. The zero-order valence-corrected chi connectivity index (χ0v) is 24.4. The van der Waals surface area contributed by atoms with E-state index in [-0.39, 0.29) is 22.5 Å². The van der Waals surface area contributed by atoms with Crippen LogP contribution in [0.4, 0.5) is 0 Å². The third-order valence-electron chi connectivity index (χ3n) is 6.20. The van der Waals surface area contributed by atoms with Crippen LogP contribution in [0.3, 0.4) is 0 Å². The molecule has 0 bridgehead atoms. The summed E-state index contributed by atoms with van der Waals surface area (Å²) in [5.41, 5.74) is -0.332. The second-order valence-electron chi connectivity index (χ2n) is 9.55. The molecule has 0 saturated carbocycles. The number of esters is 4. The summed E-state index contributed by atoms with van der Waals surface area (Å²) >= 11 is 0. The van der Waals surface area contributed by atoms with Gasteiger partial charge >= 0.3 is 23.9 Å². The molecule has 0 radical (unpaired) electrons. The van der Waals surface area contributed by atoms with E-state index in [4.69, 9.17) is 42.3 Å². The Hall–Kier alpha value is -5.11. The number of carbonyl (C=O) groups is 4. The van der Waals surface area contributed by atoms with Crippen LogP contribution in [0, 0.1) is 0 Å². The van der Waals surface area contributed by atoms with Crippen molar-refractivity contribution in [2.24, 2.45) is 0 Å². The fourth-order valence-electron chi connectivity index (χ4n) is 4.42. The SMILES string of the molecule is COc1ccc(Oc2coc3cc(O[C@@H]4O[C@H](COC(C)=O)[C@H](OC(C)=O)[C@@H](OC(C)=O)[C@@H]4OC(C)=O)ccc3c2=O)cc1. The highest BCUT2D eigenvalue weighted by Gasteiger charge is 2.53. The van der Waals surface area contributed by atoms with E-state index in [0.29, 0.717) is 11.5 Å². The number of carbonyl (C=O) groups excluding carboxylic acids is 4. The molecule has 14 heteroatoms. The van der Waals surface area contributed by atoms with Crippen LogP contribution in [-0.2, 0) is 42.9 Å². The van der Waals surface area contributed by atoms with Gasteiger partial charge in [0.15, 0.2) is 12.2 Å². The maximum atomic E-state index is 13.1.